The molecular weight excluding hydrogens is 335 g/mol. The molecule has 0 spiro atoms. The van der Waals surface area contributed by atoms with Crippen LogP contribution in [0.25, 0.3) is 0 Å². The van der Waals surface area contributed by atoms with Gasteiger partial charge in [0.1, 0.15) is 24.0 Å². The lowest BCUT2D eigenvalue weighted by molar-refractivity contribution is -0.118. The van der Waals surface area contributed by atoms with Gasteiger partial charge in [0.2, 0.25) is 5.91 Å². The summed E-state index contributed by atoms with van der Waals surface area (Å²) in [4.78, 5) is 15.7. The SMILES string of the molecule is CC(=O)NCCc1nc(COc2cccc(F)c2)nn1C1CCCCC1. The highest BCUT2D eigenvalue weighted by Gasteiger charge is 2.21. The normalized spacial score (nSPS) is 15.0. The third-order valence-electron chi connectivity index (χ3n) is 4.55. The van der Waals surface area contributed by atoms with Crippen molar-refractivity contribution in [1.29, 1.82) is 0 Å². The molecule has 1 N–H and O–H groups in total. The second-order valence-corrected chi connectivity index (χ2v) is 6.66. The molecule has 1 saturated carbocycles. The number of aromatic nitrogens is 3. The fourth-order valence-electron chi connectivity index (χ4n) is 3.31. The molecule has 7 heteroatoms. The van der Waals surface area contributed by atoms with Gasteiger partial charge in [-0.25, -0.2) is 14.1 Å². The van der Waals surface area contributed by atoms with E-state index in [4.69, 9.17) is 4.74 Å². The molecule has 140 valence electrons. The Balaban J connectivity index is 1.70. The Kier molecular flexibility index (Phi) is 6.20. The number of nitrogens with one attached hydrogen (secondary N) is 1. The number of carbonyl (C=O) groups excluding carboxylic acids is 1. The standard InChI is InChI=1S/C19H25FN4O2/c1-14(25)21-11-10-19-22-18(13-26-17-9-5-6-15(20)12-17)23-24(19)16-7-3-2-4-8-16/h5-6,9,12,16H,2-4,7-8,10-11,13H2,1H3,(H,21,25). The van der Waals surface area contributed by atoms with E-state index in [2.05, 4.69) is 15.4 Å². The van der Waals surface area contributed by atoms with Crippen LogP contribution in [0.3, 0.4) is 0 Å². The molecule has 3 rings (SSSR count). The van der Waals surface area contributed by atoms with Gasteiger partial charge in [0, 0.05) is 26.0 Å². The summed E-state index contributed by atoms with van der Waals surface area (Å²) >= 11 is 0. The minimum atomic E-state index is -0.334. The average molecular weight is 360 g/mol. The van der Waals surface area contributed by atoms with E-state index in [-0.39, 0.29) is 18.3 Å². The second-order valence-electron chi connectivity index (χ2n) is 6.66. The molecule has 1 fully saturated rings. The van der Waals surface area contributed by atoms with Crippen LogP contribution in [-0.4, -0.2) is 27.2 Å². The largest absolute Gasteiger partial charge is 0.485 e. The first-order valence-electron chi connectivity index (χ1n) is 9.19. The predicted molar refractivity (Wildman–Crippen MR) is 95.3 cm³/mol. The Hall–Kier alpha value is -2.44. The highest BCUT2D eigenvalue weighted by atomic mass is 19.1. The molecule has 1 amide bonds. The zero-order valence-corrected chi connectivity index (χ0v) is 15.1. The van der Waals surface area contributed by atoms with E-state index in [9.17, 15) is 9.18 Å². The minimum Gasteiger partial charge on any atom is -0.485 e. The van der Waals surface area contributed by atoms with Crippen LogP contribution in [0, 0.1) is 5.82 Å². The summed E-state index contributed by atoms with van der Waals surface area (Å²) in [6, 6.07) is 6.39. The van der Waals surface area contributed by atoms with Crippen LogP contribution in [-0.2, 0) is 17.8 Å². The zero-order valence-electron chi connectivity index (χ0n) is 15.1. The second kappa shape index (κ2) is 8.78. The van der Waals surface area contributed by atoms with Gasteiger partial charge in [0.25, 0.3) is 0 Å². The van der Waals surface area contributed by atoms with Gasteiger partial charge in [-0.15, -0.1) is 0 Å². The fourth-order valence-corrected chi connectivity index (χ4v) is 3.31. The molecule has 0 bridgehead atoms. The van der Waals surface area contributed by atoms with Crippen LogP contribution in [0.5, 0.6) is 5.75 Å². The number of amides is 1. The molecule has 1 aromatic heterocycles. The predicted octanol–water partition coefficient (Wildman–Crippen LogP) is 3.18. The van der Waals surface area contributed by atoms with Crippen molar-refractivity contribution in [3.63, 3.8) is 0 Å². The van der Waals surface area contributed by atoms with E-state index in [0.717, 1.165) is 18.7 Å². The van der Waals surface area contributed by atoms with Crippen molar-refractivity contribution in [2.75, 3.05) is 6.54 Å². The van der Waals surface area contributed by atoms with Crippen LogP contribution in [0.4, 0.5) is 4.39 Å². The van der Waals surface area contributed by atoms with E-state index >= 15 is 0 Å². The molecule has 0 atom stereocenters. The van der Waals surface area contributed by atoms with E-state index in [1.807, 2.05) is 4.68 Å². The molecular formula is C19H25FN4O2. The van der Waals surface area contributed by atoms with E-state index < -0.39 is 0 Å². The van der Waals surface area contributed by atoms with Gasteiger partial charge in [0.15, 0.2) is 5.82 Å². The first-order chi connectivity index (χ1) is 12.6. The lowest BCUT2D eigenvalue weighted by atomic mass is 9.95. The van der Waals surface area contributed by atoms with E-state index in [1.54, 1.807) is 12.1 Å². The molecule has 1 aromatic carbocycles. The van der Waals surface area contributed by atoms with Gasteiger partial charge >= 0.3 is 0 Å². The van der Waals surface area contributed by atoms with Gasteiger partial charge in [-0.05, 0) is 25.0 Å². The number of rotatable bonds is 7. The van der Waals surface area contributed by atoms with Crippen LogP contribution < -0.4 is 10.1 Å². The molecule has 26 heavy (non-hydrogen) atoms. The third-order valence-corrected chi connectivity index (χ3v) is 4.55. The maximum absolute atomic E-state index is 13.3. The summed E-state index contributed by atoms with van der Waals surface area (Å²) in [6.07, 6.45) is 6.49. The van der Waals surface area contributed by atoms with Crippen molar-refractivity contribution >= 4 is 5.91 Å². The van der Waals surface area contributed by atoms with Crippen LogP contribution >= 0.6 is 0 Å². The van der Waals surface area contributed by atoms with Crippen molar-refractivity contribution in [3.05, 3.63) is 41.7 Å². The molecule has 0 radical (unpaired) electrons. The maximum Gasteiger partial charge on any atom is 0.216 e. The summed E-state index contributed by atoms with van der Waals surface area (Å²) in [5, 5.41) is 7.45. The molecule has 0 saturated heterocycles. The lowest BCUT2D eigenvalue weighted by Gasteiger charge is -2.23. The van der Waals surface area contributed by atoms with Crippen molar-refractivity contribution in [3.8, 4) is 5.75 Å². The summed E-state index contributed by atoms with van der Waals surface area (Å²) in [6.45, 7) is 2.23. The van der Waals surface area contributed by atoms with Crippen LogP contribution in [0.2, 0.25) is 0 Å². The summed E-state index contributed by atoms with van der Waals surface area (Å²) in [5.41, 5.74) is 0. The number of nitrogens with zero attached hydrogens (tertiary/aromatic N) is 3. The van der Waals surface area contributed by atoms with Crippen LogP contribution in [0.15, 0.2) is 24.3 Å². The van der Waals surface area contributed by atoms with Crippen LogP contribution in [0.1, 0.15) is 56.7 Å². The molecule has 2 aromatic rings. The van der Waals surface area contributed by atoms with Gasteiger partial charge < -0.3 is 10.1 Å². The molecule has 0 unspecified atom stereocenters. The monoisotopic (exact) mass is 360 g/mol. The van der Waals surface area contributed by atoms with Gasteiger partial charge in [-0.1, -0.05) is 25.3 Å². The molecule has 1 aliphatic carbocycles. The average Bonchev–Trinajstić information content (AvgIpc) is 3.04. The Morgan fingerprint density at radius 1 is 1.35 bits per heavy atom. The van der Waals surface area contributed by atoms with Gasteiger partial charge in [-0.3, -0.25) is 4.79 Å². The molecule has 0 aliphatic heterocycles. The molecule has 1 aliphatic rings. The van der Waals surface area contributed by atoms with E-state index in [1.165, 1.54) is 38.3 Å². The molecule has 6 nitrogen and oxygen atoms in total. The Bertz CT molecular complexity index is 741. The van der Waals surface area contributed by atoms with Crippen molar-refractivity contribution < 1.29 is 13.9 Å². The first kappa shape index (κ1) is 18.4. The first-order valence-corrected chi connectivity index (χ1v) is 9.19. The minimum absolute atomic E-state index is 0.0524. The molecule has 1 heterocycles. The maximum atomic E-state index is 13.3. The highest BCUT2D eigenvalue weighted by Crippen LogP contribution is 2.28. The fraction of sp³-hybridized carbons (Fsp3) is 0.526. The number of hydrogen-bond donors (Lipinski definition) is 1. The van der Waals surface area contributed by atoms with Crippen molar-refractivity contribution in [2.24, 2.45) is 0 Å². The smallest absolute Gasteiger partial charge is 0.216 e. The quantitative estimate of drug-likeness (QED) is 0.823. The Labute approximate surface area is 152 Å². The van der Waals surface area contributed by atoms with Crippen molar-refractivity contribution in [1.82, 2.24) is 20.1 Å². The lowest BCUT2D eigenvalue weighted by Crippen LogP contribution is -2.25. The third kappa shape index (κ3) is 5.03. The Morgan fingerprint density at radius 3 is 2.88 bits per heavy atom. The summed E-state index contributed by atoms with van der Waals surface area (Å²) in [7, 11) is 0. The van der Waals surface area contributed by atoms with Gasteiger partial charge in [-0.2, -0.15) is 5.10 Å². The number of hydrogen-bond acceptors (Lipinski definition) is 4. The Morgan fingerprint density at radius 2 is 2.15 bits per heavy atom. The van der Waals surface area contributed by atoms with Crippen molar-refractivity contribution in [2.45, 2.75) is 58.1 Å². The number of ether oxygens (including phenoxy) is 1. The topological polar surface area (TPSA) is 69.0 Å². The number of benzene rings is 1. The summed E-state index contributed by atoms with van der Waals surface area (Å²) in [5.74, 6) is 1.52. The van der Waals surface area contributed by atoms with Gasteiger partial charge in [0.05, 0.1) is 6.04 Å². The number of halogens is 1. The number of carbonyl (C=O) groups is 1. The van der Waals surface area contributed by atoms with E-state index in [0.29, 0.717) is 30.6 Å². The summed E-state index contributed by atoms with van der Waals surface area (Å²) < 4.78 is 20.9. The zero-order chi connectivity index (χ0) is 18.4. The highest BCUT2D eigenvalue weighted by molar-refractivity contribution is 5.72.